The summed E-state index contributed by atoms with van der Waals surface area (Å²) >= 11 is 1.90. The first kappa shape index (κ1) is 11.3. The number of carbonyl (C=O) groups is 1. The molecule has 2 atom stereocenters. The number of nitrogens with one attached hydrogen (secondary N) is 2. The third kappa shape index (κ3) is 3.38. The van der Waals surface area contributed by atoms with E-state index in [1.165, 1.54) is 12.8 Å². The largest absolute Gasteiger partial charge is 0.352 e. The summed E-state index contributed by atoms with van der Waals surface area (Å²) in [7, 11) is 0. The van der Waals surface area contributed by atoms with Gasteiger partial charge < -0.3 is 10.6 Å². The molecule has 2 saturated heterocycles. The van der Waals surface area contributed by atoms with Gasteiger partial charge in [0.05, 0.1) is 0 Å². The maximum atomic E-state index is 11.9. The molecule has 15 heavy (non-hydrogen) atoms. The minimum Gasteiger partial charge on any atom is -0.352 e. The topological polar surface area (TPSA) is 41.1 Å². The third-order valence-corrected chi connectivity index (χ3v) is 4.36. The highest BCUT2D eigenvalue weighted by atomic mass is 32.2. The van der Waals surface area contributed by atoms with Crippen molar-refractivity contribution in [1.82, 2.24) is 10.6 Å². The van der Waals surface area contributed by atoms with Crippen LogP contribution in [0.15, 0.2) is 0 Å². The van der Waals surface area contributed by atoms with Crippen LogP contribution in [-0.4, -0.2) is 36.5 Å². The van der Waals surface area contributed by atoms with Crippen LogP contribution in [0.1, 0.15) is 25.7 Å². The fraction of sp³-hybridized carbons (Fsp3) is 0.909. The van der Waals surface area contributed by atoms with Gasteiger partial charge in [0.15, 0.2) is 0 Å². The smallest absolute Gasteiger partial charge is 0.224 e. The Hall–Kier alpha value is -0.220. The molecule has 2 N–H and O–H groups in total. The van der Waals surface area contributed by atoms with E-state index in [0.717, 1.165) is 37.4 Å². The fourth-order valence-electron chi connectivity index (χ4n) is 2.20. The molecular weight excluding hydrogens is 208 g/mol. The molecule has 2 rings (SSSR count). The molecule has 4 heteroatoms. The van der Waals surface area contributed by atoms with E-state index in [9.17, 15) is 4.79 Å². The van der Waals surface area contributed by atoms with Crippen molar-refractivity contribution in [2.75, 3.05) is 24.6 Å². The zero-order valence-corrected chi connectivity index (χ0v) is 9.94. The number of carbonyl (C=O) groups excluding carboxylic acids is 1. The average molecular weight is 228 g/mol. The summed E-state index contributed by atoms with van der Waals surface area (Å²) in [5.74, 6) is 2.74. The van der Waals surface area contributed by atoms with Crippen LogP contribution in [0, 0.1) is 5.92 Å². The van der Waals surface area contributed by atoms with Crippen molar-refractivity contribution in [3.05, 3.63) is 0 Å². The Bertz CT molecular complexity index is 209. The second kappa shape index (κ2) is 5.75. The molecule has 0 aromatic carbocycles. The normalized spacial score (nSPS) is 32.3. The quantitative estimate of drug-likeness (QED) is 0.741. The highest BCUT2D eigenvalue weighted by molar-refractivity contribution is 7.99. The zero-order chi connectivity index (χ0) is 10.5. The molecule has 2 fully saturated rings. The predicted octanol–water partition coefficient (Wildman–Crippen LogP) is 0.998. The Morgan fingerprint density at radius 1 is 1.33 bits per heavy atom. The van der Waals surface area contributed by atoms with E-state index in [2.05, 4.69) is 10.6 Å². The number of amides is 1. The van der Waals surface area contributed by atoms with Crippen molar-refractivity contribution in [3.8, 4) is 0 Å². The molecule has 86 valence electrons. The second-order valence-electron chi connectivity index (χ2n) is 4.47. The van der Waals surface area contributed by atoms with E-state index in [4.69, 9.17) is 0 Å². The maximum absolute atomic E-state index is 11.9. The van der Waals surface area contributed by atoms with Crippen molar-refractivity contribution >= 4 is 17.7 Å². The molecule has 0 aromatic heterocycles. The van der Waals surface area contributed by atoms with Crippen LogP contribution in [-0.2, 0) is 4.79 Å². The van der Waals surface area contributed by atoms with Gasteiger partial charge in [-0.05, 0) is 31.6 Å². The molecule has 2 heterocycles. The van der Waals surface area contributed by atoms with Gasteiger partial charge in [0.2, 0.25) is 5.91 Å². The van der Waals surface area contributed by atoms with E-state index >= 15 is 0 Å². The second-order valence-corrected chi connectivity index (χ2v) is 5.62. The van der Waals surface area contributed by atoms with Crippen molar-refractivity contribution in [1.29, 1.82) is 0 Å². The predicted molar refractivity (Wildman–Crippen MR) is 64.1 cm³/mol. The highest BCUT2D eigenvalue weighted by Crippen LogP contribution is 2.23. The van der Waals surface area contributed by atoms with Crippen molar-refractivity contribution in [3.63, 3.8) is 0 Å². The first-order chi connectivity index (χ1) is 7.36. The molecule has 0 radical (unpaired) electrons. The average Bonchev–Trinajstić information content (AvgIpc) is 2.65. The van der Waals surface area contributed by atoms with E-state index < -0.39 is 0 Å². The fourth-order valence-corrected chi connectivity index (χ4v) is 3.42. The Morgan fingerprint density at radius 2 is 2.27 bits per heavy atom. The highest BCUT2D eigenvalue weighted by Gasteiger charge is 2.25. The summed E-state index contributed by atoms with van der Waals surface area (Å²) in [6.07, 6.45) is 4.68. The van der Waals surface area contributed by atoms with Gasteiger partial charge in [-0.15, -0.1) is 0 Å². The Morgan fingerprint density at radius 3 is 3.07 bits per heavy atom. The molecule has 3 nitrogen and oxygen atoms in total. The summed E-state index contributed by atoms with van der Waals surface area (Å²) in [6.45, 7) is 2.05. The van der Waals surface area contributed by atoms with Crippen LogP contribution in [0.4, 0.5) is 0 Å². The molecule has 2 aliphatic heterocycles. The van der Waals surface area contributed by atoms with E-state index in [1.54, 1.807) is 0 Å². The number of rotatable bonds is 2. The number of thioether (sulfide) groups is 1. The standard InChI is InChI=1S/C11H20N2OS/c14-11(9-4-6-15-8-9)13-10-3-1-2-5-12-7-10/h9-10,12H,1-8H2,(H,13,14). The first-order valence-corrected chi connectivity index (χ1v) is 7.10. The molecule has 0 saturated carbocycles. The van der Waals surface area contributed by atoms with Crippen molar-refractivity contribution < 1.29 is 4.79 Å². The Balaban J connectivity index is 1.76. The summed E-state index contributed by atoms with van der Waals surface area (Å²) in [6, 6.07) is 0.366. The Kier molecular flexibility index (Phi) is 4.32. The minimum atomic E-state index is 0.276. The zero-order valence-electron chi connectivity index (χ0n) is 9.13. The lowest BCUT2D eigenvalue weighted by Crippen LogP contribution is -2.43. The van der Waals surface area contributed by atoms with Crippen LogP contribution in [0.5, 0.6) is 0 Å². The molecule has 2 aliphatic rings. The molecule has 2 unspecified atom stereocenters. The number of hydrogen-bond acceptors (Lipinski definition) is 3. The lowest BCUT2D eigenvalue weighted by Gasteiger charge is -2.18. The monoisotopic (exact) mass is 228 g/mol. The SMILES string of the molecule is O=C(NC1CCCCNC1)C1CCSC1. The summed E-state index contributed by atoms with van der Waals surface area (Å²) in [4.78, 5) is 11.9. The first-order valence-electron chi connectivity index (χ1n) is 5.95. The lowest BCUT2D eigenvalue weighted by molar-refractivity contribution is -0.124. The molecule has 1 amide bonds. The molecule has 0 aromatic rings. The van der Waals surface area contributed by atoms with Crippen LogP contribution in [0.2, 0.25) is 0 Å². The third-order valence-electron chi connectivity index (χ3n) is 3.19. The van der Waals surface area contributed by atoms with Gasteiger partial charge in [-0.25, -0.2) is 0 Å². The molecule has 0 bridgehead atoms. The van der Waals surface area contributed by atoms with Crippen molar-refractivity contribution in [2.45, 2.75) is 31.7 Å². The van der Waals surface area contributed by atoms with Crippen LogP contribution >= 0.6 is 11.8 Å². The van der Waals surface area contributed by atoms with Gasteiger partial charge in [-0.2, -0.15) is 11.8 Å². The van der Waals surface area contributed by atoms with E-state index in [0.29, 0.717) is 6.04 Å². The molecule has 0 aliphatic carbocycles. The minimum absolute atomic E-state index is 0.276. The summed E-state index contributed by atoms with van der Waals surface area (Å²) in [5, 5.41) is 6.56. The van der Waals surface area contributed by atoms with Gasteiger partial charge in [-0.1, -0.05) is 6.42 Å². The maximum Gasteiger partial charge on any atom is 0.224 e. The van der Waals surface area contributed by atoms with E-state index in [1.807, 2.05) is 11.8 Å². The Labute approximate surface area is 95.8 Å². The van der Waals surface area contributed by atoms with Crippen molar-refractivity contribution in [2.24, 2.45) is 5.92 Å². The number of hydrogen-bond donors (Lipinski definition) is 2. The van der Waals surface area contributed by atoms with Gasteiger partial charge in [0, 0.05) is 24.3 Å². The van der Waals surface area contributed by atoms with Crippen LogP contribution in [0.25, 0.3) is 0 Å². The summed E-state index contributed by atoms with van der Waals surface area (Å²) < 4.78 is 0. The summed E-state index contributed by atoms with van der Waals surface area (Å²) in [5.41, 5.74) is 0. The van der Waals surface area contributed by atoms with Crippen LogP contribution in [0.3, 0.4) is 0 Å². The van der Waals surface area contributed by atoms with Gasteiger partial charge in [0.25, 0.3) is 0 Å². The lowest BCUT2D eigenvalue weighted by atomic mass is 10.1. The molecule has 0 spiro atoms. The van der Waals surface area contributed by atoms with Crippen LogP contribution < -0.4 is 10.6 Å². The molecular formula is C11H20N2OS. The van der Waals surface area contributed by atoms with E-state index in [-0.39, 0.29) is 11.8 Å². The van der Waals surface area contributed by atoms with Gasteiger partial charge in [0.1, 0.15) is 0 Å². The van der Waals surface area contributed by atoms with Gasteiger partial charge >= 0.3 is 0 Å². The van der Waals surface area contributed by atoms with Gasteiger partial charge in [-0.3, -0.25) is 4.79 Å².